The Bertz CT molecular complexity index is 1590. The normalized spacial score (nSPS) is 11.9. The Morgan fingerprint density at radius 3 is 2.27 bits per heavy atom. The van der Waals surface area contributed by atoms with Crippen LogP contribution in [0.4, 0.5) is 11.4 Å². The molecule has 208 valence electrons. The minimum absolute atomic E-state index is 0.0699. The maximum Gasteiger partial charge on any atom is 0.272 e. The first-order valence-corrected chi connectivity index (χ1v) is 14.2. The molecule has 0 aliphatic carbocycles. The third-order valence-electron chi connectivity index (χ3n) is 6.12. The largest absolute Gasteiger partial charge is 0.325 e. The highest BCUT2D eigenvalue weighted by Gasteiger charge is 2.18. The number of rotatable bonds is 9. The number of anilines is 2. The first-order chi connectivity index (χ1) is 19.7. The monoisotopic (exact) mass is 583 g/mol. The zero-order valence-corrected chi connectivity index (χ0v) is 24.5. The van der Waals surface area contributed by atoms with Crippen molar-refractivity contribution in [2.45, 2.75) is 30.9 Å². The van der Waals surface area contributed by atoms with Crippen LogP contribution < -0.4 is 16.0 Å². The molecular formula is C33H30ClN3O3S. The van der Waals surface area contributed by atoms with Crippen LogP contribution in [0.25, 0.3) is 6.08 Å². The minimum atomic E-state index is -0.494. The van der Waals surface area contributed by atoms with Crippen LogP contribution >= 0.6 is 23.4 Å². The predicted octanol–water partition coefficient (Wildman–Crippen LogP) is 7.49. The zero-order chi connectivity index (χ0) is 29.4. The fourth-order valence-electron chi connectivity index (χ4n) is 3.96. The Hall–Kier alpha value is -4.33. The number of nitrogens with one attached hydrogen (secondary N) is 3. The first-order valence-electron chi connectivity index (χ1n) is 13.0. The van der Waals surface area contributed by atoms with Crippen molar-refractivity contribution in [3.63, 3.8) is 0 Å². The van der Waals surface area contributed by atoms with E-state index in [2.05, 4.69) is 16.0 Å². The molecule has 0 heterocycles. The zero-order valence-electron chi connectivity index (χ0n) is 22.9. The van der Waals surface area contributed by atoms with Crippen molar-refractivity contribution >= 4 is 58.5 Å². The molecule has 0 spiro atoms. The first kappa shape index (κ1) is 29.6. The van der Waals surface area contributed by atoms with Crippen molar-refractivity contribution in [2.24, 2.45) is 0 Å². The molecule has 1 atom stereocenters. The van der Waals surface area contributed by atoms with E-state index in [1.54, 1.807) is 72.8 Å². The second-order valence-corrected chi connectivity index (χ2v) is 11.3. The van der Waals surface area contributed by atoms with Gasteiger partial charge in [0.15, 0.2) is 0 Å². The molecule has 0 fully saturated rings. The third kappa shape index (κ3) is 8.58. The molecule has 6 nitrogen and oxygen atoms in total. The molecule has 0 aromatic heterocycles. The van der Waals surface area contributed by atoms with Gasteiger partial charge in [-0.1, -0.05) is 65.7 Å². The molecule has 4 aromatic rings. The lowest BCUT2D eigenvalue weighted by Gasteiger charge is -2.15. The van der Waals surface area contributed by atoms with E-state index in [4.69, 9.17) is 11.6 Å². The van der Waals surface area contributed by atoms with Crippen LogP contribution in [0.5, 0.6) is 0 Å². The molecule has 0 aliphatic heterocycles. The van der Waals surface area contributed by atoms with Gasteiger partial charge in [0.25, 0.3) is 11.8 Å². The van der Waals surface area contributed by atoms with Gasteiger partial charge in [0.05, 0.1) is 5.25 Å². The van der Waals surface area contributed by atoms with E-state index < -0.39 is 11.8 Å². The van der Waals surface area contributed by atoms with Gasteiger partial charge in [-0.2, -0.15) is 0 Å². The van der Waals surface area contributed by atoms with Crippen molar-refractivity contribution < 1.29 is 14.4 Å². The Morgan fingerprint density at radius 1 is 0.829 bits per heavy atom. The number of carbonyl (C=O) groups excluding carboxylic acids is 3. The van der Waals surface area contributed by atoms with E-state index in [1.807, 2.05) is 51.1 Å². The van der Waals surface area contributed by atoms with Gasteiger partial charge in [-0.15, -0.1) is 11.8 Å². The molecule has 0 radical (unpaired) electrons. The summed E-state index contributed by atoms with van der Waals surface area (Å²) in [4.78, 5) is 39.9. The van der Waals surface area contributed by atoms with Crippen molar-refractivity contribution in [1.82, 2.24) is 5.32 Å². The number of aryl methyl sites for hydroxylation is 2. The lowest BCUT2D eigenvalue weighted by Crippen LogP contribution is -2.30. The average molecular weight is 584 g/mol. The molecule has 0 saturated heterocycles. The van der Waals surface area contributed by atoms with E-state index >= 15 is 0 Å². The van der Waals surface area contributed by atoms with Gasteiger partial charge in [0.2, 0.25) is 5.91 Å². The van der Waals surface area contributed by atoms with Crippen LogP contribution in [-0.2, 0) is 9.59 Å². The molecule has 41 heavy (non-hydrogen) atoms. The Morgan fingerprint density at radius 2 is 1.56 bits per heavy atom. The molecule has 0 aliphatic rings. The molecule has 0 saturated carbocycles. The van der Waals surface area contributed by atoms with Gasteiger partial charge in [-0.25, -0.2) is 0 Å². The van der Waals surface area contributed by atoms with Gasteiger partial charge in [-0.3, -0.25) is 14.4 Å². The molecule has 0 bridgehead atoms. The number of benzene rings is 4. The van der Waals surface area contributed by atoms with Crippen LogP contribution in [0, 0.1) is 13.8 Å². The Balaban J connectivity index is 1.47. The fourth-order valence-corrected chi connectivity index (χ4v) is 5.01. The standard InChI is InChI=1S/C33H30ClN3O3S/c1-21-12-17-29(22(2)18-21)36-31(38)23(3)41-28-11-7-10-27(20-28)35-33(40)30(19-24-13-15-26(34)16-14-24)37-32(39)25-8-5-4-6-9-25/h4-20,23H,1-3H3,(H,35,40)(H,36,38)(H,37,39)/b30-19+. The molecule has 1 unspecified atom stereocenters. The van der Waals surface area contributed by atoms with E-state index in [-0.39, 0.29) is 16.9 Å². The minimum Gasteiger partial charge on any atom is -0.325 e. The number of hydrogen-bond donors (Lipinski definition) is 3. The molecule has 3 amide bonds. The highest BCUT2D eigenvalue weighted by atomic mass is 35.5. The van der Waals surface area contributed by atoms with E-state index in [9.17, 15) is 14.4 Å². The van der Waals surface area contributed by atoms with Gasteiger partial charge in [0, 0.05) is 26.9 Å². The maximum atomic E-state index is 13.4. The molecule has 3 N–H and O–H groups in total. The molecule has 4 rings (SSSR count). The van der Waals surface area contributed by atoms with Crippen LogP contribution in [0.15, 0.2) is 108 Å². The molecule has 8 heteroatoms. The topological polar surface area (TPSA) is 87.3 Å². The summed E-state index contributed by atoms with van der Waals surface area (Å²) in [5.74, 6) is -1.02. The highest BCUT2D eigenvalue weighted by molar-refractivity contribution is 8.00. The van der Waals surface area contributed by atoms with Crippen molar-refractivity contribution in [3.05, 3.63) is 130 Å². The van der Waals surface area contributed by atoms with E-state index in [1.165, 1.54) is 11.8 Å². The lowest BCUT2D eigenvalue weighted by atomic mass is 10.1. The fraction of sp³-hybridized carbons (Fsp3) is 0.121. The van der Waals surface area contributed by atoms with Gasteiger partial charge in [-0.05, 0) is 86.5 Å². The summed E-state index contributed by atoms with van der Waals surface area (Å²) in [5, 5.41) is 8.76. The number of carbonyl (C=O) groups is 3. The van der Waals surface area contributed by atoms with Crippen LogP contribution in [0.1, 0.15) is 34.0 Å². The van der Waals surface area contributed by atoms with Crippen LogP contribution in [0.2, 0.25) is 5.02 Å². The number of hydrogen-bond acceptors (Lipinski definition) is 4. The number of thioether (sulfide) groups is 1. The SMILES string of the molecule is Cc1ccc(NC(=O)C(C)Sc2cccc(NC(=O)/C(=C\c3ccc(Cl)cc3)NC(=O)c3ccccc3)c2)c(C)c1. The maximum absolute atomic E-state index is 13.4. The average Bonchev–Trinajstić information content (AvgIpc) is 2.95. The van der Waals surface area contributed by atoms with Gasteiger partial charge < -0.3 is 16.0 Å². The summed E-state index contributed by atoms with van der Waals surface area (Å²) in [6.07, 6.45) is 1.59. The Kier molecular flexibility index (Phi) is 10.0. The summed E-state index contributed by atoms with van der Waals surface area (Å²) >= 11 is 7.39. The lowest BCUT2D eigenvalue weighted by molar-refractivity contribution is -0.115. The van der Waals surface area contributed by atoms with Crippen molar-refractivity contribution in [1.29, 1.82) is 0 Å². The Labute approximate surface area is 249 Å². The molecular weight excluding hydrogens is 554 g/mol. The highest BCUT2D eigenvalue weighted by Crippen LogP contribution is 2.27. The second-order valence-electron chi connectivity index (χ2n) is 9.48. The summed E-state index contributed by atoms with van der Waals surface area (Å²) in [7, 11) is 0. The van der Waals surface area contributed by atoms with Crippen LogP contribution in [0.3, 0.4) is 0 Å². The predicted molar refractivity (Wildman–Crippen MR) is 168 cm³/mol. The summed E-state index contributed by atoms with van der Waals surface area (Å²) in [6.45, 7) is 5.81. The van der Waals surface area contributed by atoms with Gasteiger partial charge >= 0.3 is 0 Å². The summed E-state index contributed by atoms with van der Waals surface area (Å²) in [6, 6.07) is 28.7. The molecule has 4 aromatic carbocycles. The van der Waals surface area contributed by atoms with E-state index in [0.717, 1.165) is 21.7 Å². The van der Waals surface area contributed by atoms with Crippen LogP contribution in [-0.4, -0.2) is 23.0 Å². The third-order valence-corrected chi connectivity index (χ3v) is 7.47. The summed E-state index contributed by atoms with van der Waals surface area (Å²) < 4.78 is 0. The second kappa shape index (κ2) is 13.8. The van der Waals surface area contributed by atoms with E-state index in [0.29, 0.717) is 21.8 Å². The quantitative estimate of drug-likeness (QED) is 0.141. The van der Waals surface area contributed by atoms with Gasteiger partial charge in [0.1, 0.15) is 5.70 Å². The summed E-state index contributed by atoms with van der Waals surface area (Å²) in [5.41, 5.74) is 4.63. The smallest absolute Gasteiger partial charge is 0.272 e. The number of halogens is 1. The number of amides is 3. The van der Waals surface area contributed by atoms with Crippen molar-refractivity contribution in [3.8, 4) is 0 Å². The van der Waals surface area contributed by atoms with Crippen molar-refractivity contribution in [2.75, 3.05) is 10.6 Å².